The van der Waals surface area contributed by atoms with Crippen molar-refractivity contribution in [2.45, 2.75) is 14.7 Å². The molecule has 0 bridgehead atoms. The number of benzene rings is 5. The van der Waals surface area contributed by atoms with Gasteiger partial charge < -0.3 is 4.74 Å². The van der Waals surface area contributed by atoms with Gasteiger partial charge in [-0.05, 0) is 87.7 Å². The Balaban J connectivity index is 1.32. The number of ketones is 2. The minimum Gasteiger partial charge on any atom is -0.457 e. The monoisotopic (exact) mass is 500 g/mol. The van der Waals surface area contributed by atoms with E-state index in [0.29, 0.717) is 33.8 Å². The fourth-order valence-corrected chi connectivity index (χ4v) is 7.75. The van der Waals surface area contributed by atoms with Crippen molar-refractivity contribution in [2.75, 3.05) is 6.26 Å². The molecule has 6 rings (SSSR count). The molecule has 0 spiro atoms. The molecule has 0 aromatic heterocycles. The highest BCUT2D eigenvalue weighted by molar-refractivity contribution is 8.33. The zero-order valence-electron chi connectivity index (χ0n) is 20.3. The number of ether oxygens (including phenoxy) is 1. The minimum atomic E-state index is -1.46. The smallest absolute Gasteiger partial charge is 0.194 e. The maximum atomic E-state index is 13.1. The van der Waals surface area contributed by atoms with Crippen LogP contribution in [0.4, 0.5) is 0 Å². The van der Waals surface area contributed by atoms with Crippen LogP contribution in [0.2, 0.25) is 0 Å². The summed E-state index contributed by atoms with van der Waals surface area (Å²) < 4.78 is 6.14. The predicted molar refractivity (Wildman–Crippen MR) is 147 cm³/mol. The van der Waals surface area contributed by atoms with Crippen LogP contribution < -0.4 is 4.74 Å². The molecule has 0 N–H and O–H groups in total. The Morgan fingerprint density at radius 1 is 0.459 bits per heavy atom. The SMILES string of the molecule is CS(c1ccccc1)(c1ccccc1)c1ccc(Oc2ccc3c(c2)C(=O)c2ccccc2C3=O)cc1. The quantitative estimate of drug-likeness (QED) is 0.240. The van der Waals surface area contributed by atoms with E-state index in [0.717, 1.165) is 0 Å². The molecule has 0 saturated heterocycles. The molecule has 180 valence electrons. The molecule has 0 radical (unpaired) electrons. The van der Waals surface area contributed by atoms with E-state index in [1.165, 1.54) is 14.7 Å². The van der Waals surface area contributed by atoms with E-state index < -0.39 is 10.0 Å². The normalized spacial score (nSPS) is 13.0. The summed E-state index contributed by atoms with van der Waals surface area (Å²) >= 11 is 0. The molecule has 0 amide bonds. The summed E-state index contributed by atoms with van der Waals surface area (Å²) in [5.41, 5.74) is 1.68. The van der Waals surface area contributed by atoms with Crippen molar-refractivity contribution in [3.8, 4) is 11.5 Å². The van der Waals surface area contributed by atoms with Crippen molar-refractivity contribution >= 4 is 21.6 Å². The lowest BCUT2D eigenvalue weighted by Gasteiger charge is -2.37. The summed E-state index contributed by atoms with van der Waals surface area (Å²) in [7, 11) is -1.46. The summed E-state index contributed by atoms with van der Waals surface area (Å²) in [6.07, 6.45) is 2.32. The lowest BCUT2D eigenvalue weighted by atomic mass is 9.84. The Labute approximate surface area is 217 Å². The summed E-state index contributed by atoms with van der Waals surface area (Å²) in [4.78, 5) is 29.8. The molecular formula is C33H24O3S. The van der Waals surface area contributed by atoms with Crippen LogP contribution in [0.5, 0.6) is 11.5 Å². The van der Waals surface area contributed by atoms with Crippen LogP contribution in [0, 0.1) is 0 Å². The van der Waals surface area contributed by atoms with Crippen LogP contribution in [-0.2, 0) is 0 Å². The van der Waals surface area contributed by atoms with E-state index in [1.54, 1.807) is 42.5 Å². The molecule has 1 aliphatic rings. The summed E-state index contributed by atoms with van der Waals surface area (Å²) in [6.45, 7) is 0. The van der Waals surface area contributed by atoms with Gasteiger partial charge in [0.05, 0.1) is 0 Å². The standard InChI is InChI=1S/C33H24O3S/c1-37(25-10-4-2-5-11-25,26-12-6-3-7-13-26)27-19-16-23(17-20-27)36-24-18-21-30-31(22-24)33(35)29-15-9-8-14-28(29)32(30)34/h2-22H,1H3. The lowest BCUT2D eigenvalue weighted by molar-refractivity contribution is 0.0979. The van der Waals surface area contributed by atoms with E-state index in [1.807, 2.05) is 24.3 Å². The van der Waals surface area contributed by atoms with E-state index in [-0.39, 0.29) is 11.6 Å². The Bertz CT molecular complexity index is 1580. The molecule has 1 aliphatic carbocycles. The second-order valence-corrected chi connectivity index (χ2v) is 12.3. The third-order valence-corrected chi connectivity index (χ3v) is 10.5. The molecular weight excluding hydrogens is 476 g/mol. The molecule has 0 atom stereocenters. The van der Waals surface area contributed by atoms with Crippen LogP contribution in [0.1, 0.15) is 31.8 Å². The van der Waals surface area contributed by atoms with E-state index >= 15 is 0 Å². The van der Waals surface area contributed by atoms with Gasteiger partial charge in [0.1, 0.15) is 11.5 Å². The number of hydrogen-bond acceptors (Lipinski definition) is 3. The third kappa shape index (κ3) is 3.96. The van der Waals surface area contributed by atoms with Gasteiger partial charge in [-0.1, -0.05) is 60.7 Å². The van der Waals surface area contributed by atoms with E-state index in [2.05, 4.69) is 66.9 Å². The van der Waals surface area contributed by atoms with Crippen LogP contribution in [0.25, 0.3) is 0 Å². The first-order valence-electron chi connectivity index (χ1n) is 12.0. The number of rotatable bonds is 5. The molecule has 0 unspecified atom stereocenters. The lowest BCUT2D eigenvalue weighted by Crippen LogP contribution is -2.20. The summed E-state index contributed by atoms with van der Waals surface area (Å²) in [5, 5.41) is 0. The van der Waals surface area contributed by atoms with Gasteiger partial charge in [-0.15, -0.1) is 0 Å². The first-order valence-corrected chi connectivity index (χ1v) is 14.1. The largest absolute Gasteiger partial charge is 0.457 e. The summed E-state index contributed by atoms with van der Waals surface area (Å²) in [6, 6.07) is 41.4. The van der Waals surface area contributed by atoms with Crippen molar-refractivity contribution < 1.29 is 14.3 Å². The number of carbonyl (C=O) groups excluding carboxylic acids is 2. The zero-order chi connectivity index (χ0) is 25.4. The average molecular weight is 501 g/mol. The molecule has 3 nitrogen and oxygen atoms in total. The van der Waals surface area contributed by atoms with Gasteiger partial charge in [0, 0.05) is 22.3 Å². The van der Waals surface area contributed by atoms with Gasteiger partial charge in [0.15, 0.2) is 11.6 Å². The fourth-order valence-electron chi connectivity index (χ4n) is 4.85. The Morgan fingerprint density at radius 2 is 0.892 bits per heavy atom. The van der Waals surface area contributed by atoms with Gasteiger partial charge in [-0.3, -0.25) is 9.59 Å². The summed E-state index contributed by atoms with van der Waals surface area (Å²) in [5.74, 6) is 0.899. The second-order valence-electron chi connectivity index (χ2n) is 9.03. The Morgan fingerprint density at radius 3 is 1.46 bits per heavy atom. The minimum absolute atomic E-state index is 0.134. The highest BCUT2D eigenvalue weighted by Gasteiger charge is 2.30. The van der Waals surface area contributed by atoms with E-state index in [9.17, 15) is 9.59 Å². The van der Waals surface area contributed by atoms with Crippen LogP contribution in [0.3, 0.4) is 0 Å². The van der Waals surface area contributed by atoms with Crippen LogP contribution in [-0.4, -0.2) is 17.8 Å². The first-order chi connectivity index (χ1) is 18.1. The maximum absolute atomic E-state index is 13.1. The van der Waals surface area contributed by atoms with Gasteiger partial charge >= 0.3 is 0 Å². The molecule has 0 saturated carbocycles. The Kier molecular flexibility index (Phi) is 5.74. The van der Waals surface area contributed by atoms with Gasteiger partial charge in [0.25, 0.3) is 0 Å². The molecule has 5 aromatic rings. The Hall–Kier alpha value is -4.41. The second kappa shape index (κ2) is 9.23. The number of carbonyl (C=O) groups is 2. The highest BCUT2D eigenvalue weighted by atomic mass is 32.3. The molecule has 37 heavy (non-hydrogen) atoms. The van der Waals surface area contributed by atoms with Gasteiger partial charge in [-0.2, -0.15) is 10.0 Å². The fraction of sp³-hybridized carbons (Fsp3) is 0.0303. The number of hydrogen-bond donors (Lipinski definition) is 0. The van der Waals surface area contributed by atoms with Gasteiger partial charge in [-0.25, -0.2) is 0 Å². The maximum Gasteiger partial charge on any atom is 0.194 e. The molecule has 4 heteroatoms. The van der Waals surface area contributed by atoms with Crippen molar-refractivity contribution in [2.24, 2.45) is 0 Å². The van der Waals surface area contributed by atoms with Gasteiger partial charge in [0.2, 0.25) is 0 Å². The predicted octanol–water partition coefficient (Wildman–Crippen LogP) is 8.17. The molecule has 0 fully saturated rings. The molecule has 5 aromatic carbocycles. The van der Waals surface area contributed by atoms with Crippen LogP contribution >= 0.6 is 10.0 Å². The van der Waals surface area contributed by atoms with Crippen LogP contribution in [0.15, 0.2) is 142 Å². The average Bonchev–Trinajstić information content (AvgIpc) is 2.97. The van der Waals surface area contributed by atoms with Crippen molar-refractivity contribution in [1.29, 1.82) is 0 Å². The highest BCUT2D eigenvalue weighted by Crippen LogP contribution is 2.65. The molecule has 0 heterocycles. The third-order valence-electron chi connectivity index (χ3n) is 6.86. The topological polar surface area (TPSA) is 43.4 Å². The first kappa shape index (κ1) is 23.0. The molecule has 0 aliphatic heterocycles. The number of fused-ring (bicyclic) bond motifs is 2. The van der Waals surface area contributed by atoms with Crippen molar-refractivity contribution in [1.82, 2.24) is 0 Å². The van der Waals surface area contributed by atoms with Crippen molar-refractivity contribution in [3.05, 3.63) is 150 Å². The zero-order valence-corrected chi connectivity index (χ0v) is 21.1. The van der Waals surface area contributed by atoms with E-state index in [4.69, 9.17) is 4.74 Å². The van der Waals surface area contributed by atoms with Crippen molar-refractivity contribution in [3.63, 3.8) is 0 Å².